The molecule has 3 heterocycles. The first-order valence-corrected chi connectivity index (χ1v) is 21.5. The smallest absolute Gasteiger partial charge is 0.273 e. The summed E-state index contributed by atoms with van der Waals surface area (Å²) in [4.78, 5) is 62.7. The highest BCUT2D eigenvalue weighted by Gasteiger charge is 2.61. The molecule has 1 saturated carbocycles. The van der Waals surface area contributed by atoms with Crippen molar-refractivity contribution in [1.29, 1.82) is 0 Å². The zero-order chi connectivity index (χ0) is 42.2. The van der Waals surface area contributed by atoms with Gasteiger partial charge in [-0.3, -0.25) is 19.2 Å². The number of pyridine rings is 1. The highest BCUT2D eigenvalue weighted by atomic mass is 32.2. The molecule has 4 aromatic rings. The van der Waals surface area contributed by atoms with Gasteiger partial charge >= 0.3 is 0 Å². The van der Waals surface area contributed by atoms with E-state index in [1.165, 1.54) is 17.0 Å². The minimum absolute atomic E-state index is 0.0228. The number of carbonyl (C=O) groups is 4. The summed E-state index contributed by atoms with van der Waals surface area (Å²) in [5.74, 6) is -1.87. The molecule has 2 aromatic carbocycles. The van der Waals surface area contributed by atoms with E-state index in [9.17, 15) is 27.6 Å². The van der Waals surface area contributed by atoms with Crippen LogP contribution in [0.15, 0.2) is 89.0 Å². The van der Waals surface area contributed by atoms with E-state index in [4.69, 9.17) is 14.5 Å². The van der Waals surface area contributed by atoms with Crippen molar-refractivity contribution in [2.45, 2.75) is 88.7 Å². The summed E-state index contributed by atoms with van der Waals surface area (Å²) in [6, 6.07) is 17.6. The highest BCUT2D eigenvalue weighted by molar-refractivity contribution is 7.92. The number of ether oxygens (including phenoxy) is 2. The van der Waals surface area contributed by atoms with Crippen LogP contribution in [0.2, 0.25) is 0 Å². The van der Waals surface area contributed by atoms with Gasteiger partial charge in [0.25, 0.3) is 15.9 Å². The van der Waals surface area contributed by atoms with Crippen LogP contribution in [-0.4, -0.2) is 79.3 Å². The van der Waals surface area contributed by atoms with Crippen molar-refractivity contribution >= 4 is 55.9 Å². The number of carbonyl (C=O) groups excluding carboxylic acids is 4. The van der Waals surface area contributed by atoms with Gasteiger partial charge < -0.3 is 25.0 Å². The molecule has 4 amide bonds. The molecule has 2 aromatic heterocycles. The number of likely N-dealkylation sites (tertiary alicyclic amines) is 1. The van der Waals surface area contributed by atoms with E-state index in [1.54, 1.807) is 30.7 Å². The second kappa shape index (κ2) is 16.2. The number of hydrogen-bond acceptors (Lipinski definition) is 10. The standard InChI is InChI=1S/C43H51N5O8S2/c1-9-27-23-43(27,40(52)47-58(53,54)36-16-13-19-57-36)46-38(50)33-21-29(25-48(33)39(51)37(42(5,6)7)45-35(49)24-41(2,3)4)56-34-22-31(26-14-11-10-12-15-26)44-32-20-28(55-8)17-18-30(32)34/h9-20,22,27,29,33,37H,1,21,23-25H2,2-8H3,(H,45,49)(H,46,50)(H,47,52). The minimum atomic E-state index is -4.22. The molecule has 308 valence electrons. The summed E-state index contributed by atoms with van der Waals surface area (Å²) >= 11 is 0.953. The number of rotatable bonds is 13. The lowest BCUT2D eigenvalue weighted by Gasteiger charge is -2.36. The van der Waals surface area contributed by atoms with Crippen molar-refractivity contribution in [3.05, 3.63) is 84.8 Å². The van der Waals surface area contributed by atoms with Gasteiger partial charge in [-0.05, 0) is 40.8 Å². The van der Waals surface area contributed by atoms with Crippen molar-refractivity contribution in [2.24, 2.45) is 16.7 Å². The average molecular weight is 830 g/mol. The Hall–Kier alpha value is -5.28. The number of benzene rings is 2. The van der Waals surface area contributed by atoms with Gasteiger partial charge in [0.1, 0.15) is 39.4 Å². The van der Waals surface area contributed by atoms with Gasteiger partial charge in [0.2, 0.25) is 17.7 Å². The normalized spacial score (nSPS) is 21.2. The van der Waals surface area contributed by atoms with Crippen molar-refractivity contribution in [3.8, 4) is 22.8 Å². The Morgan fingerprint density at radius 3 is 2.36 bits per heavy atom. The molecule has 58 heavy (non-hydrogen) atoms. The Bertz CT molecular complexity index is 2320. The molecule has 1 saturated heterocycles. The van der Waals surface area contributed by atoms with E-state index in [2.05, 4.69) is 21.9 Å². The summed E-state index contributed by atoms with van der Waals surface area (Å²) in [5, 5.41) is 8.03. The fourth-order valence-electron chi connectivity index (χ4n) is 7.24. The number of hydrogen-bond donors (Lipinski definition) is 3. The molecule has 5 unspecified atom stereocenters. The Kier molecular flexibility index (Phi) is 11.8. The summed E-state index contributed by atoms with van der Waals surface area (Å²) < 4.78 is 40.5. The Morgan fingerprint density at radius 1 is 1.03 bits per heavy atom. The predicted octanol–water partition coefficient (Wildman–Crippen LogP) is 5.85. The van der Waals surface area contributed by atoms with Crippen LogP contribution in [0, 0.1) is 16.7 Å². The summed E-state index contributed by atoms with van der Waals surface area (Å²) in [5.41, 5.74) is -0.634. The molecule has 0 radical (unpaired) electrons. The lowest BCUT2D eigenvalue weighted by Crippen LogP contribution is -2.60. The van der Waals surface area contributed by atoms with Crippen LogP contribution in [0.3, 0.4) is 0 Å². The second-order valence-corrected chi connectivity index (χ2v) is 20.1. The predicted molar refractivity (Wildman–Crippen MR) is 223 cm³/mol. The minimum Gasteiger partial charge on any atom is -0.497 e. The van der Waals surface area contributed by atoms with Crippen LogP contribution in [0.25, 0.3) is 22.2 Å². The van der Waals surface area contributed by atoms with Gasteiger partial charge in [-0.25, -0.2) is 18.1 Å². The quantitative estimate of drug-likeness (QED) is 0.140. The van der Waals surface area contributed by atoms with E-state index >= 15 is 0 Å². The molecule has 15 heteroatoms. The van der Waals surface area contributed by atoms with Crippen LogP contribution >= 0.6 is 11.3 Å². The number of thiophene rings is 1. The van der Waals surface area contributed by atoms with Gasteiger partial charge in [-0.15, -0.1) is 17.9 Å². The molecule has 13 nitrogen and oxygen atoms in total. The zero-order valence-corrected chi connectivity index (χ0v) is 35.5. The fraction of sp³-hybridized carbons (Fsp3) is 0.419. The van der Waals surface area contributed by atoms with Crippen LogP contribution in [-0.2, 0) is 29.2 Å². The van der Waals surface area contributed by atoms with E-state index < -0.39 is 62.8 Å². The second-order valence-electron chi connectivity index (χ2n) is 17.2. The van der Waals surface area contributed by atoms with E-state index in [0.717, 1.165) is 16.9 Å². The average Bonchev–Trinajstić information content (AvgIpc) is 3.44. The number of sulfonamides is 1. The third-order valence-electron chi connectivity index (χ3n) is 10.3. The van der Waals surface area contributed by atoms with Gasteiger partial charge in [0.05, 0.1) is 24.9 Å². The van der Waals surface area contributed by atoms with Crippen LogP contribution in [0.1, 0.15) is 60.8 Å². The van der Waals surface area contributed by atoms with Gasteiger partial charge in [-0.2, -0.15) is 0 Å². The topological polar surface area (TPSA) is 173 Å². The summed E-state index contributed by atoms with van der Waals surface area (Å²) in [6.07, 6.45) is 1.07. The molecular weight excluding hydrogens is 779 g/mol. The lowest BCUT2D eigenvalue weighted by atomic mass is 9.84. The number of nitrogens with zero attached hydrogens (tertiary/aromatic N) is 2. The maximum absolute atomic E-state index is 14.8. The van der Waals surface area contributed by atoms with Crippen LogP contribution in [0.5, 0.6) is 11.5 Å². The van der Waals surface area contributed by atoms with Gasteiger partial charge in [-0.1, -0.05) is 84.0 Å². The van der Waals surface area contributed by atoms with Gasteiger partial charge in [0.15, 0.2) is 0 Å². The van der Waals surface area contributed by atoms with Crippen LogP contribution < -0.4 is 24.8 Å². The number of methoxy groups -OCH3 is 1. The zero-order valence-electron chi connectivity index (χ0n) is 33.8. The summed E-state index contributed by atoms with van der Waals surface area (Å²) in [6.45, 7) is 15.1. The summed E-state index contributed by atoms with van der Waals surface area (Å²) in [7, 11) is -2.65. The SMILES string of the molecule is C=CC1CC1(NC(=O)C1CC(Oc2cc(-c3ccccc3)nc3cc(OC)ccc23)CN1C(=O)C(NC(=O)CC(C)(C)C)C(C)(C)C)C(=O)NS(=O)(=O)c1cccs1. The fourth-order valence-corrected chi connectivity index (χ4v) is 9.27. The first-order chi connectivity index (χ1) is 27.2. The molecule has 2 fully saturated rings. The van der Waals surface area contributed by atoms with Crippen LogP contribution in [0.4, 0.5) is 0 Å². The van der Waals surface area contributed by atoms with E-state index in [1.807, 2.05) is 84.0 Å². The largest absolute Gasteiger partial charge is 0.497 e. The third kappa shape index (κ3) is 9.20. The monoisotopic (exact) mass is 829 g/mol. The molecule has 6 rings (SSSR count). The third-order valence-corrected chi connectivity index (χ3v) is 13.1. The maximum Gasteiger partial charge on any atom is 0.273 e. The first-order valence-electron chi connectivity index (χ1n) is 19.1. The van der Waals surface area contributed by atoms with Crippen molar-refractivity contribution in [1.82, 2.24) is 25.2 Å². The van der Waals surface area contributed by atoms with E-state index in [-0.39, 0.29) is 41.3 Å². The highest BCUT2D eigenvalue weighted by Crippen LogP contribution is 2.45. The molecule has 0 spiro atoms. The Labute approximate surface area is 343 Å². The molecule has 1 aliphatic carbocycles. The van der Waals surface area contributed by atoms with Crippen molar-refractivity contribution < 1.29 is 37.1 Å². The molecular formula is C43H51N5O8S2. The van der Waals surface area contributed by atoms with Crippen molar-refractivity contribution in [3.63, 3.8) is 0 Å². The first kappa shape index (κ1) is 42.3. The number of nitrogens with one attached hydrogen (secondary N) is 3. The Balaban J connectivity index is 1.35. The number of aromatic nitrogens is 1. The Morgan fingerprint density at radius 2 is 1.76 bits per heavy atom. The molecule has 3 N–H and O–H groups in total. The molecule has 2 aliphatic rings. The lowest BCUT2D eigenvalue weighted by molar-refractivity contribution is -0.144. The number of amides is 4. The number of fused-ring (bicyclic) bond motifs is 1. The molecule has 1 aliphatic heterocycles. The molecule has 0 bridgehead atoms. The van der Waals surface area contributed by atoms with Gasteiger partial charge in [0, 0.05) is 41.8 Å². The van der Waals surface area contributed by atoms with E-state index in [0.29, 0.717) is 28.1 Å². The van der Waals surface area contributed by atoms with Crippen molar-refractivity contribution in [2.75, 3.05) is 13.7 Å². The molecule has 5 atom stereocenters. The maximum atomic E-state index is 14.8.